The Morgan fingerprint density at radius 1 is 1.40 bits per heavy atom. The number of halogens is 1. The molecule has 1 atom stereocenters. The lowest BCUT2D eigenvalue weighted by Gasteiger charge is -2.21. The van der Waals surface area contributed by atoms with Crippen molar-refractivity contribution in [1.29, 1.82) is 0 Å². The zero-order chi connectivity index (χ0) is 14.8. The Morgan fingerprint density at radius 3 is 2.75 bits per heavy atom. The van der Waals surface area contributed by atoms with Crippen LogP contribution < -0.4 is 0 Å². The second-order valence-electron chi connectivity index (χ2n) is 5.39. The number of carbonyl (C=O) groups is 2. The fourth-order valence-corrected chi connectivity index (χ4v) is 2.50. The minimum Gasteiger partial charge on any atom is -0.469 e. The lowest BCUT2D eigenvalue weighted by molar-refractivity contribution is -0.151. The Balaban J connectivity index is 2.02. The summed E-state index contributed by atoms with van der Waals surface area (Å²) < 4.78 is 18.3. The van der Waals surface area contributed by atoms with E-state index in [9.17, 15) is 14.0 Å². The van der Waals surface area contributed by atoms with Crippen molar-refractivity contribution >= 4 is 11.9 Å². The van der Waals surface area contributed by atoms with Gasteiger partial charge in [0.25, 0.3) is 0 Å². The zero-order valence-corrected chi connectivity index (χ0v) is 11.7. The van der Waals surface area contributed by atoms with E-state index < -0.39 is 5.41 Å². The summed E-state index contributed by atoms with van der Waals surface area (Å²) in [5.74, 6) is -0.850. The summed E-state index contributed by atoms with van der Waals surface area (Å²) in [7, 11) is 1.34. The van der Waals surface area contributed by atoms with Crippen LogP contribution in [-0.4, -0.2) is 37.0 Å². The third kappa shape index (κ3) is 2.81. The van der Waals surface area contributed by atoms with Crippen LogP contribution in [0.15, 0.2) is 24.3 Å². The molecular formula is C15H18FNO3. The van der Waals surface area contributed by atoms with Gasteiger partial charge in [-0.2, -0.15) is 0 Å². The van der Waals surface area contributed by atoms with Crippen molar-refractivity contribution in [1.82, 2.24) is 4.90 Å². The molecule has 5 heteroatoms. The van der Waals surface area contributed by atoms with Gasteiger partial charge in [0.05, 0.1) is 18.9 Å². The van der Waals surface area contributed by atoms with Gasteiger partial charge in [0.2, 0.25) is 5.91 Å². The first-order chi connectivity index (χ1) is 9.46. The van der Waals surface area contributed by atoms with Crippen LogP contribution >= 0.6 is 0 Å². The largest absolute Gasteiger partial charge is 0.469 e. The average molecular weight is 279 g/mol. The molecule has 4 nitrogen and oxygen atoms in total. The summed E-state index contributed by atoms with van der Waals surface area (Å²) in [4.78, 5) is 25.5. The first-order valence-electron chi connectivity index (χ1n) is 6.56. The van der Waals surface area contributed by atoms with Crippen molar-refractivity contribution < 1.29 is 18.7 Å². The number of ether oxygens (including phenoxy) is 1. The predicted molar refractivity (Wildman–Crippen MR) is 71.4 cm³/mol. The van der Waals surface area contributed by atoms with E-state index in [1.165, 1.54) is 13.2 Å². The molecule has 1 aromatic carbocycles. The van der Waals surface area contributed by atoms with E-state index in [2.05, 4.69) is 0 Å². The lowest BCUT2D eigenvalue weighted by Crippen LogP contribution is -2.36. The Labute approximate surface area is 117 Å². The van der Waals surface area contributed by atoms with Crippen LogP contribution in [0.4, 0.5) is 4.39 Å². The first-order valence-corrected chi connectivity index (χ1v) is 6.56. The molecule has 0 aromatic heterocycles. The average Bonchev–Trinajstić information content (AvgIpc) is 2.84. The number of methoxy groups -OCH3 is 1. The number of esters is 1. The quantitative estimate of drug-likeness (QED) is 0.792. The highest BCUT2D eigenvalue weighted by Crippen LogP contribution is 2.31. The highest BCUT2D eigenvalue weighted by atomic mass is 19.1. The third-order valence-electron chi connectivity index (χ3n) is 3.80. The highest BCUT2D eigenvalue weighted by molar-refractivity contribution is 5.82. The molecule has 1 aromatic rings. The van der Waals surface area contributed by atoms with Crippen LogP contribution in [0.25, 0.3) is 0 Å². The summed E-state index contributed by atoms with van der Waals surface area (Å²) in [6.45, 7) is 2.61. The number of rotatable bonds is 3. The minimum absolute atomic E-state index is 0.0178. The van der Waals surface area contributed by atoms with Crippen molar-refractivity contribution in [2.45, 2.75) is 19.8 Å². The van der Waals surface area contributed by atoms with E-state index in [0.717, 1.165) is 0 Å². The topological polar surface area (TPSA) is 46.6 Å². The summed E-state index contributed by atoms with van der Waals surface area (Å²) in [5, 5.41) is 0. The van der Waals surface area contributed by atoms with E-state index in [1.807, 2.05) is 0 Å². The van der Waals surface area contributed by atoms with Crippen LogP contribution in [0.5, 0.6) is 0 Å². The number of likely N-dealkylation sites (tertiary alicyclic amines) is 1. The number of benzene rings is 1. The molecule has 2 rings (SSSR count). The van der Waals surface area contributed by atoms with E-state index in [1.54, 1.807) is 30.0 Å². The minimum atomic E-state index is -0.653. The molecule has 1 aliphatic rings. The molecule has 1 heterocycles. The van der Waals surface area contributed by atoms with Gasteiger partial charge in [-0.15, -0.1) is 0 Å². The maximum atomic E-state index is 13.5. The van der Waals surface area contributed by atoms with Crippen molar-refractivity contribution in [2.24, 2.45) is 5.41 Å². The maximum absolute atomic E-state index is 13.5. The molecule has 0 N–H and O–H groups in total. The number of hydrogen-bond acceptors (Lipinski definition) is 3. The molecule has 1 saturated heterocycles. The summed E-state index contributed by atoms with van der Waals surface area (Å²) in [6.07, 6.45) is 0.590. The molecule has 1 fully saturated rings. The van der Waals surface area contributed by atoms with Crippen LogP contribution in [0, 0.1) is 11.2 Å². The molecule has 0 saturated carbocycles. The van der Waals surface area contributed by atoms with Gasteiger partial charge in [-0.1, -0.05) is 18.2 Å². The Morgan fingerprint density at radius 2 is 2.10 bits per heavy atom. The standard InChI is InChI=1S/C15H18FNO3/c1-15(14(19)20-2)7-8-17(10-15)13(18)9-11-5-3-4-6-12(11)16/h3-6H,7-10H2,1-2H3. The van der Waals surface area contributed by atoms with Gasteiger partial charge in [-0.3, -0.25) is 9.59 Å². The van der Waals surface area contributed by atoms with Gasteiger partial charge < -0.3 is 9.64 Å². The molecule has 0 aliphatic carbocycles. The van der Waals surface area contributed by atoms with Gasteiger partial charge in [0.1, 0.15) is 5.82 Å². The van der Waals surface area contributed by atoms with E-state index in [0.29, 0.717) is 25.1 Å². The SMILES string of the molecule is COC(=O)C1(C)CCN(C(=O)Cc2ccccc2F)C1. The molecule has 20 heavy (non-hydrogen) atoms. The molecular weight excluding hydrogens is 261 g/mol. The maximum Gasteiger partial charge on any atom is 0.313 e. The summed E-state index contributed by atoms with van der Waals surface area (Å²) in [5.41, 5.74) is -0.274. The Hall–Kier alpha value is -1.91. The zero-order valence-electron chi connectivity index (χ0n) is 11.7. The molecule has 1 unspecified atom stereocenters. The normalized spacial score (nSPS) is 21.9. The fourth-order valence-electron chi connectivity index (χ4n) is 2.50. The van der Waals surface area contributed by atoms with Gasteiger partial charge in [0, 0.05) is 13.1 Å². The fraction of sp³-hybridized carbons (Fsp3) is 0.467. The van der Waals surface area contributed by atoms with Crippen molar-refractivity contribution in [2.75, 3.05) is 20.2 Å². The van der Waals surface area contributed by atoms with Crippen LogP contribution in [0.1, 0.15) is 18.9 Å². The Kier molecular flexibility index (Phi) is 4.06. The summed E-state index contributed by atoms with van der Waals surface area (Å²) >= 11 is 0. The van der Waals surface area contributed by atoms with E-state index in [4.69, 9.17) is 4.74 Å². The third-order valence-corrected chi connectivity index (χ3v) is 3.80. The number of hydrogen-bond donors (Lipinski definition) is 0. The first kappa shape index (κ1) is 14.5. The monoisotopic (exact) mass is 279 g/mol. The summed E-state index contributed by atoms with van der Waals surface area (Å²) in [6, 6.07) is 6.23. The van der Waals surface area contributed by atoms with Crippen molar-refractivity contribution in [3.63, 3.8) is 0 Å². The molecule has 1 aliphatic heterocycles. The van der Waals surface area contributed by atoms with Crippen LogP contribution in [-0.2, 0) is 20.7 Å². The van der Waals surface area contributed by atoms with Crippen molar-refractivity contribution in [3.05, 3.63) is 35.6 Å². The molecule has 0 radical (unpaired) electrons. The number of amides is 1. The van der Waals surface area contributed by atoms with Crippen LogP contribution in [0.2, 0.25) is 0 Å². The number of nitrogens with zero attached hydrogens (tertiary/aromatic N) is 1. The van der Waals surface area contributed by atoms with Gasteiger partial charge >= 0.3 is 5.97 Å². The second-order valence-corrected chi connectivity index (χ2v) is 5.39. The molecule has 1 amide bonds. The predicted octanol–water partition coefficient (Wildman–Crippen LogP) is 1.78. The van der Waals surface area contributed by atoms with Gasteiger partial charge in [0.15, 0.2) is 0 Å². The smallest absolute Gasteiger partial charge is 0.313 e. The van der Waals surface area contributed by atoms with Crippen molar-refractivity contribution in [3.8, 4) is 0 Å². The second kappa shape index (κ2) is 5.61. The highest BCUT2D eigenvalue weighted by Gasteiger charge is 2.42. The van der Waals surface area contributed by atoms with Crippen LogP contribution in [0.3, 0.4) is 0 Å². The Bertz CT molecular complexity index is 532. The molecule has 0 bridgehead atoms. The molecule has 0 spiro atoms. The van der Waals surface area contributed by atoms with Gasteiger partial charge in [-0.05, 0) is 25.0 Å². The lowest BCUT2D eigenvalue weighted by atomic mass is 9.90. The van der Waals surface area contributed by atoms with E-state index >= 15 is 0 Å². The van der Waals surface area contributed by atoms with E-state index in [-0.39, 0.29) is 24.1 Å². The van der Waals surface area contributed by atoms with Gasteiger partial charge in [-0.25, -0.2) is 4.39 Å². The molecule has 108 valence electrons. The number of carbonyl (C=O) groups excluding carboxylic acids is 2.